The number of hydrogen-bond donors (Lipinski definition) is 0. The van der Waals surface area contributed by atoms with Crippen molar-refractivity contribution in [3.63, 3.8) is 0 Å². The highest BCUT2D eigenvalue weighted by Crippen LogP contribution is 2.05. The van der Waals surface area contributed by atoms with Gasteiger partial charge in [0.05, 0.1) is 18.8 Å². The van der Waals surface area contributed by atoms with Crippen LogP contribution in [0, 0.1) is 6.92 Å². The highest BCUT2D eigenvalue weighted by Gasteiger charge is 2.08. The quantitative estimate of drug-likeness (QED) is 0.571. The molecule has 0 aromatic carbocycles. The SMILES string of the molecule is [CH2]CCOCCOC(C)(C)C. The van der Waals surface area contributed by atoms with Crippen LogP contribution >= 0.6 is 0 Å². The van der Waals surface area contributed by atoms with Gasteiger partial charge in [-0.2, -0.15) is 0 Å². The monoisotopic (exact) mass is 159 g/mol. The van der Waals surface area contributed by atoms with Gasteiger partial charge in [0.1, 0.15) is 0 Å². The zero-order chi connectivity index (χ0) is 8.74. The second kappa shape index (κ2) is 5.56. The normalized spacial score (nSPS) is 12.0. The van der Waals surface area contributed by atoms with Crippen LogP contribution in [0.2, 0.25) is 0 Å². The van der Waals surface area contributed by atoms with Crippen molar-refractivity contribution in [2.75, 3.05) is 19.8 Å². The van der Waals surface area contributed by atoms with Gasteiger partial charge in [0.25, 0.3) is 0 Å². The fourth-order valence-corrected chi connectivity index (χ4v) is 0.611. The van der Waals surface area contributed by atoms with Gasteiger partial charge in [0.15, 0.2) is 0 Å². The van der Waals surface area contributed by atoms with Crippen LogP contribution < -0.4 is 0 Å². The molecule has 0 atom stereocenters. The maximum atomic E-state index is 5.43. The molecule has 11 heavy (non-hydrogen) atoms. The molecule has 0 spiro atoms. The van der Waals surface area contributed by atoms with Gasteiger partial charge < -0.3 is 9.47 Å². The van der Waals surface area contributed by atoms with Gasteiger partial charge in [0.2, 0.25) is 0 Å². The number of hydrogen-bond acceptors (Lipinski definition) is 2. The molecule has 0 heterocycles. The first kappa shape index (κ1) is 10.9. The predicted molar refractivity (Wildman–Crippen MR) is 46.5 cm³/mol. The van der Waals surface area contributed by atoms with Gasteiger partial charge in [-0.3, -0.25) is 0 Å². The molecule has 0 fully saturated rings. The van der Waals surface area contributed by atoms with E-state index < -0.39 is 0 Å². The lowest BCUT2D eigenvalue weighted by molar-refractivity contribution is -0.0342. The average Bonchev–Trinajstić information content (AvgIpc) is 1.85. The number of rotatable bonds is 5. The van der Waals surface area contributed by atoms with Crippen molar-refractivity contribution in [1.29, 1.82) is 0 Å². The fourth-order valence-electron chi connectivity index (χ4n) is 0.611. The minimum atomic E-state index is -0.0478. The standard InChI is InChI=1S/C9H19O2/c1-5-6-10-7-8-11-9(2,3)4/h1,5-8H2,2-4H3. The Kier molecular flexibility index (Phi) is 5.51. The van der Waals surface area contributed by atoms with Crippen molar-refractivity contribution in [1.82, 2.24) is 0 Å². The molecule has 0 unspecified atom stereocenters. The Balaban J connectivity index is 3.02. The van der Waals surface area contributed by atoms with Gasteiger partial charge in [-0.25, -0.2) is 0 Å². The maximum Gasteiger partial charge on any atom is 0.0707 e. The lowest BCUT2D eigenvalue weighted by Crippen LogP contribution is -2.21. The summed E-state index contributed by atoms with van der Waals surface area (Å²) in [6.07, 6.45) is 0.829. The van der Waals surface area contributed by atoms with Crippen LogP contribution in [0.15, 0.2) is 0 Å². The summed E-state index contributed by atoms with van der Waals surface area (Å²) in [5, 5.41) is 0. The molecular weight excluding hydrogens is 140 g/mol. The topological polar surface area (TPSA) is 18.5 Å². The van der Waals surface area contributed by atoms with Crippen LogP contribution in [0.1, 0.15) is 27.2 Å². The molecule has 0 saturated heterocycles. The molecule has 0 saturated carbocycles. The molecule has 0 aliphatic carbocycles. The zero-order valence-electron chi connectivity index (χ0n) is 7.85. The summed E-state index contributed by atoms with van der Waals surface area (Å²) in [5.74, 6) is 0. The van der Waals surface area contributed by atoms with Gasteiger partial charge in [-0.15, -0.1) is 0 Å². The average molecular weight is 159 g/mol. The fraction of sp³-hybridized carbons (Fsp3) is 0.889. The summed E-state index contributed by atoms with van der Waals surface area (Å²) >= 11 is 0. The molecule has 0 aliphatic heterocycles. The Hall–Kier alpha value is -0.0800. The Labute approximate surface area is 69.9 Å². The van der Waals surface area contributed by atoms with E-state index in [-0.39, 0.29) is 5.60 Å². The maximum absolute atomic E-state index is 5.43. The van der Waals surface area contributed by atoms with Gasteiger partial charge in [0, 0.05) is 6.61 Å². The smallest absolute Gasteiger partial charge is 0.0707 e. The van der Waals surface area contributed by atoms with Crippen molar-refractivity contribution < 1.29 is 9.47 Å². The van der Waals surface area contributed by atoms with Gasteiger partial charge in [-0.1, -0.05) is 6.92 Å². The summed E-state index contributed by atoms with van der Waals surface area (Å²) in [6.45, 7) is 11.8. The molecule has 0 aromatic heterocycles. The van der Waals surface area contributed by atoms with E-state index in [1.165, 1.54) is 0 Å². The lowest BCUT2D eigenvalue weighted by Gasteiger charge is -2.19. The van der Waals surface area contributed by atoms with Crippen LogP contribution in [0.5, 0.6) is 0 Å². The minimum Gasteiger partial charge on any atom is -0.379 e. The molecular formula is C9H19O2. The molecule has 0 bridgehead atoms. The van der Waals surface area contributed by atoms with E-state index in [4.69, 9.17) is 9.47 Å². The molecule has 67 valence electrons. The highest BCUT2D eigenvalue weighted by atomic mass is 16.5. The minimum absolute atomic E-state index is 0.0478. The first-order chi connectivity index (χ1) is 5.06. The van der Waals surface area contributed by atoms with E-state index in [0.29, 0.717) is 13.2 Å². The summed E-state index contributed by atoms with van der Waals surface area (Å²) < 4.78 is 10.6. The predicted octanol–water partition coefficient (Wildman–Crippen LogP) is 2.04. The largest absolute Gasteiger partial charge is 0.379 e. The highest BCUT2D eigenvalue weighted by molar-refractivity contribution is 4.57. The second-order valence-electron chi connectivity index (χ2n) is 3.43. The van der Waals surface area contributed by atoms with E-state index in [1.54, 1.807) is 0 Å². The van der Waals surface area contributed by atoms with E-state index in [2.05, 4.69) is 6.92 Å². The Morgan fingerprint density at radius 1 is 1.09 bits per heavy atom. The molecule has 0 aliphatic rings. The third-order valence-corrected chi connectivity index (χ3v) is 1.05. The van der Waals surface area contributed by atoms with Crippen LogP contribution in [-0.4, -0.2) is 25.4 Å². The van der Waals surface area contributed by atoms with Crippen molar-refractivity contribution in [2.24, 2.45) is 0 Å². The summed E-state index contributed by atoms with van der Waals surface area (Å²) in [6, 6.07) is 0. The first-order valence-corrected chi connectivity index (χ1v) is 4.07. The molecule has 0 N–H and O–H groups in total. The van der Waals surface area contributed by atoms with Crippen molar-refractivity contribution in [3.8, 4) is 0 Å². The summed E-state index contributed by atoms with van der Waals surface area (Å²) in [4.78, 5) is 0. The second-order valence-corrected chi connectivity index (χ2v) is 3.43. The van der Waals surface area contributed by atoms with Crippen molar-refractivity contribution >= 4 is 0 Å². The lowest BCUT2D eigenvalue weighted by atomic mass is 10.2. The molecule has 2 nitrogen and oxygen atoms in total. The Bertz CT molecular complexity index is 84.1. The van der Waals surface area contributed by atoms with Crippen LogP contribution in [0.25, 0.3) is 0 Å². The molecule has 0 rings (SSSR count). The number of ether oxygens (including phenoxy) is 2. The van der Waals surface area contributed by atoms with Crippen molar-refractivity contribution in [3.05, 3.63) is 6.92 Å². The van der Waals surface area contributed by atoms with E-state index in [9.17, 15) is 0 Å². The molecule has 1 radical (unpaired) electrons. The van der Waals surface area contributed by atoms with Gasteiger partial charge in [-0.05, 0) is 27.2 Å². The third-order valence-electron chi connectivity index (χ3n) is 1.05. The molecule has 2 heteroatoms. The molecule has 0 aromatic rings. The zero-order valence-corrected chi connectivity index (χ0v) is 7.85. The Morgan fingerprint density at radius 2 is 1.73 bits per heavy atom. The van der Waals surface area contributed by atoms with Crippen molar-refractivity contribution in [2.45, 2.75) is 32.8 Å². The van der Waals surface area contributed by atoms with E-state index in [1.807, 2.05) is 20.8 Å². The summed E-state index contributed by atoms with van der Waals surface area (Å²) in [7, 11) is 0. The van der Waals surface area contributed by atoms with Crippen LogP contribution in [0.3, 0.4) is 0 Å². The van der Waals surface area contributed by atoms with E-state index in [0.717, 1.165) is 13.0 Å². The Morgan fingerprint density at radius 3 is 2.18 bits per heavy atom. The summed E-state index contributed by atoms with van der Waals surface area (Å²) in [5.41, 5.74) is -0.0478. The first-order valence-electron chi connectivity index (χ1n) is 4.07. The van der Waals surface area contributed by atoms with Gasteiger partial charge >= 0.3 is 0 Å². The van der Waals surface area contributed by atoms with Crippen LogP contribution in [0.4, 0.5) is 0 Å². The molecule has 0 amide bonds. The van der Waals surface area contributed by atoms with Crippen LogP contribution in [-0.2, 0) is 9.47 Å². The van der Waals surface area contributed by atoms with E-state index >= 15 is 0 Å². The third kappa shape index (κ3) is 9.92.